The van der Waals surface area contributed by atoms with Crippen LogP contribution in [0.2, 0.25) is 0 Å². The summed E-state index contributed by atoms with van der Waals surface area (Å²) < 4.78 is 2.22. The summed E-state index contributed by atoms with van der Waals surface area (Å²) in [4.78, 5) is 0. The molecular weight excluding hydrogens is 326 g/mol. The molecule has 0 saturated heterocycles. The topological polar surface area (TPSA) is 3.88 Å². The Balaban J connectivity index is 0.000000596. The molecule has 0 atom stereocenters. The second-order valence-electron chi connectivity index (χ2n) is 9.78. The highest BCUT2D eigenvalue weighted by molar-refractivity contribution is 5.66. The molecule has 0 unspecified atom stereocenters. The van der Waals surface area contributed by atoms with E-state index in [1.54, 1.807) is 0 Å². The zero-order valence-corrected chi connectivity index (χ0v) is 19.3. The molecule has 2 aromatic rings. The molecule has 0 N–H and O–H groups in total. The van der Waals surface area contributed by atoms with Crippen LogP contribution in [0.1, 0.15) is 84.9 Å². The molecule has 27 heavy (non-hydrogen) atoms. The molecule has 0 spiro atoms. The van der Waals surface area contributed by atoms with Crippen LogP contribution in [0.25, 0.3) is 11.3 Å². The molecular formula is C26H40N+. The second kappa shape index (κ2) is 7.41. The van der Waals surface area contributed by atoms with Gasteiger partial charge in [0.25, 0.3) is 0 Å². The molecule has 0 aliphatic heterocycles. The molecule has 0 saturated carbocycles. The fraction of sp³-hybridized carbons (Fsp3) is 0.577. The quantitative estimate of drug-likeness (QED) is 0.510. The lowest BCUT2D eigenvalue weighted by atomic mass is 9.59. The number of hydrogen-bond donors (Lipinski definition) is 0. The van der Waals surface area contributed by atoms with Crippen molar-refractivity contribution in [1.82, 2.24) is 0 Å². The Labute approximate surface area is 167 Å². The molecule has 1 heterocycles. The van der Waals surface area contributed by atoms with E-state index in [9.17, 15) is 0 Å². The molecule has 1 aromatic heterocycles. The third-order valence-corrected chi connectivity index (χ3v) is 7.67. The lowest BCUT2D eigenvalue weighted by Gasteiger charge is -2.44. The normalized spacial score (nSPS) is 18.4. The first-order valence-corrected chi connectivity index (χ1v) is 10.5. The molecule has 1 aromatic carbocycles. The van der Waals surface area contributed by atoms with Gasteiger partial charge in [0.15, 0.2) is 6.20 Å². The van der Waals surface area contributed by atoms with Crippen molar-refractivity contribution in [2.75, 3.05) is 0 Å². The standard InChI is InChI=1S/C22H30N.C4H10/c1-15-13-17-18(21(4,5)22(6,7)20(17,2)3)14-16(15)19-11-9-10-12-23(19)8;1-3-4-2/h9-14H,1-8H3;3-4H2,1-2H3/q+1;. The summed E-state index contributed by atoms with van der Waals surface area (Å²) in [5, 5.41) is 0. The highest BCUT2D eigenvalue weighted by Crippen LogP contribution is 2.62. The first kappa shape index (κ1) is 21.7. The summed E-state index contributed by atoms with van der Waals surface area (Å²) in [6, 6.07) is 11.3. The maximum atomic E-state index is 2.45. The van der Waals surface area contributed by atoms with E-state index in [-0.39, 0.29) is 16.2 Å². The van der Waals surface area contributed by atoms with Crippen LogP contribution in [0.4, 0.5) is 0 Å². The molecule has 1 aliphatic rings. The van der Waals surface area contributed by atoms with E-state index in [2.05, 4.69) is 110 Å². The Morgan fingerprint density at radius 1 is 0.815 bits per heavy atom. The predicted molar refractivity (Wildman–Crippen MR) is 118 cm³/mol. The minimum Gasteiger partial charge on any atom is -0.201 e. The van der Waals surface area contributed by atoms with Crippen molar-refractivity contribution in [2.45, 2.75) is 86.0 Å². The van der Waals surface area contributed by atoms with Crippen LogP contribution in [-0.2, 0) is 17.9 Å². The lowest BCUT2D eigenvalue weighted by molar-refractivity contribution is -0.660. The SMILES string of the molecule is CCCC.Cc1cc2c(cc1-c1cccc[n+]1C)C(C)(C)C(C)(C)C2(C)C. The third-order valence-electron chi connectivity index (χ3n) is 7.67. The third kappa shape index (κ3) is 3.35. The molecule has 0 radical (unpaired) electrons. The van der Waals surface area contributed by atoms with E-state index < -0.39 is 0 Å². The summed E-state index contributed by atoms with van der Waals surface area (Å²) in [6.07, 6.45) is 4.76. The number of unbranched alkanes of at least 4 members (excludes halogenated alkanes) is 1. The first-order valence-electron chi connectivity index (χ1n) is 10.5. The Bertz CT molecular complexity index is 807. The minimum absolute atomic E-state index is 0.154. The Kier molecular flexibility index (Phi) is 5.95. The van der Waals surface area contributed by atoms with Gasteiger partial charge in [0, 0.05) is 17.7 Å². The van der Waals surface area contributed by atoms with Crippen LogP contribution in [0.15, 0.2) is 36.5 Å². The van der Waals surface area contributed by atoms with Crippen LogP contribution in [0.3, 0.4) is 0 Å². The van der Waals surface area contributed by atoms with Crippen molar-refractivity contribution in [3.63, 3.8) is 0 Å². The Morgan fingerprint density at radius 3 is 1.81 bits per heavy atom. The van der Waals surface area contributed by atoms with Gasteiger partial charge in [-0.15, -0.1) is 0 Å². The van der Waals surface area contributed by atoms with Crippen molar-refractivity contribution < 1.29 is 4.57 Å². The van der Waals surface area contributed by atoms with Crippen molar-refractivity contribution in [3.05, 3.63) is 53.2 Å². The van der Waals surface area contributed by atoms with Gasteiger partial charge in [0.05, 0.1) is 0 Å². The van der Waals surface area contributed by atoms with Crippen LogP contribution < -0.4 is 4.57 Å². The van der Waals surface area contributed by atoms with E-state index in [0.717, 1.165) is 0 Å². The van der Waals surface area contributed by atoms with Gasteiger partial charge in [0.2, 0.25) is 5.69 Å². The lowest BCUT2D eigenvalue weighted by Crippen LogP contribution is -2.42. The fourth-order valence-corrected chi connectivity index (χ4v) is 4.28. The maximum Gasteiger partial charge on any atom is 0.212 e. The van der Waals surface area contributed by atoms with Crippen molar-refractivity contribution >= 4 is 0 Å². The zero-order chi connectivity index (χ0) is 20.6. The number of rotatable bonds is 2. The highest BCUT2D eigenvalue weighted by atomic mass is 14.9. The van der Waals surface area contributed by atoms with Crippen LogP contribution in [0, 0.1) is 12.3 Å². The average molecular weight is 367 g/mol. The van der Waals surface area contributed by atoms with E-state index in [4.69, 9.17) is 0 Å². The smallest absolute Gasteiger partial charge is 0.201 e. The van der Waals surface area contributed by atoms with Gasteiger partial charge in [0.1, 0.15) is 7.05 Å². The van der Waals surface area contributed by atoms with Crippen LogP contribution in [0.5, 0.6) is 0 Å². The number of nitrogens with zero attached hydrogens (tertiary/aromatic N) is 1. The number of pyridine rings is 1. The minimum atomic E-state index is 0.154. The van der Waals surface area contributed by atoms with E-state index >= 15 is 0 Å². The predicted octanol–water partition coefficient (Wildman–Crippen LogP) is 6.89. The van der Waals surface area contributed by atoms with Crippen molar-refractivity contribution in [3.8, 4) is 11.3 Å². The number of hydrogen-bond acceptors (Lipinski definition) is 0. The summed E-state index contributed by atoms with van der Waals surface area (Å²) in [5.74, 6) is 0. The maximum absolute atomic E-state index is 2.45. The van der Waals surface area contributed by atoms with Gasteiger partial charge in [-0.1, -0.05) is 74.3 Å². The number of aryl methyl sites for hydroxylation is 2. The molecule has 0 fully saturated rings. The van der Waals surface area contributed by atoms with Crippen LogP contribution >= 0.6 is 0 Å². The second-order valence-corrected chi connectivity index (χ2v) is 9.78. The van der Waals surface area contributed by atoms with Gasteiger partial charge < -0.3 is 0 Å². The van der Waals surface area contributed by atoms with Gasteiger partial charge >= 0.3 is 0 Å². The number of fused-ring (bicyclic) bond motifs is 1. The van der Waals surface area contributed by atoms with Gasteiger partial charge in [-0.2, -0.15) is 0 Å². The largest absolute Gasteiger partial charge is 0.212 e. The highest BCUT2D eigenvalue weighted by Gasteiger charge is 2.56. The average Bonchev–Trinajstić information content (AvgIpc) is 2.70. The summed E-state index contributed by atoms with van der Waals surface area (Å²) in [7, 11) is 2.13. The van der Waals surface area contributed by atoms with E-state index in [0.29, 0.717) is 0 Å². The number of benzene rings is 1. The molecule has 1 heteroatoms. The summed E-state index contributed by atoms with van der Waals surface area (Å²) in [6.45, 7) is 21.1. The summed E-state index contributed by atoms with van der Waals surface area (Å²) >= 11 is 0. The van der Waals surface area contributed by atoms with Crippen molar-refractivity contribution in [2.24, 2.45) is 12.5 Å². The first-order chi connectivity index (χ1) is 12.4. The van der Waals surface area contributed by atoms with Gasteiger partial charge in [-0.25, -0.2) is 4.57 Å². The molecule has 0 bridgehead atoms. The molecule has 148 valence electrons. The Hall–Kier alpha value is -1.63. The molecule has 1 nitrogen and oxygen atoms in total. The zero-order valence-electron chi connectivity index (χ0n) is 19.3. The van der Waals surface area contributed by atoms with Gasteiger partial charge in [-0.3, -0.25) is 0 Å². The van der Waals surface area contributed by atoms with E-state index in [1.165, 1.54) is 40.8 Å². The van der Waals surface area contributed by atoms with E-state index in [1.807, 2.05) is 0 Å². The number of aromatic nitrogens is 1. The fourth-order valence-electron chi connectivity index (χ4n) is 4.28. The van der Waals surface area contributed by atoms with Gasteiger partial charge in [-0.05, 0) is 52.0 Å². The molecule has 0 amide bonds. The Morgan fingerprint density at radius 2 is 1.33 bits per heavy atom. The van der Waals surface area contributed by atoms with Crippen LogP contribution in [-0.4, -0.2) is 0 Å². The molecule has 3 rings (SSSR count). The monoisotopic (exact) mass is 366 g/mol. The summed E-state index contributed by atoms with van der Waals surface area (Å²) in [5.41, 5.74) is 7.58. The molecule has 1 aliphatic carbocycles. The van der Waals surface area contributed by atoms with Crippen molar-refractivity contribution in [1.29, 1.82) is 0 Å².